The smallest absolute Gasteiger partial charge is 0.208 e. The van der Waals surface area contributed by atoms with Crippen molar-refractivity contribution in [2.75, 3.05) is 7.11 Å². The third kappa shape index (κ3) is 1.94. The van der Waals surface area contributed by atoms with E-state index in [1.807, 2.05) is 36.6 Å². The molecular weight excluding hydrogens is 258 g/mol. The van der Waals surface area contributed by atoms with Crippen LogP contribution in [0.25, 0.3) is 10.9 Å². The fraction of sp³-hybridized carbons (Fsp3) is 0.133. The highest BCUT2D eigenvalue weighted by atomic mass is 32.1. The van der Waals surface area contributed by atoms with Crippen molar-refractivity contribution in [2.24, 2.45) is 0 Å². The predicted octanol–water partition coefficient (Wildman–Crippen LogP) is 3.78. The highest BCUT2D eigenvalue weighted by molar-refractivity contribution is 7.12. The molecule has 0 saturated heterocycles. The first kappa shape index (κ1) is 12.0. The Morgan fingerprint density at radius 3 is 2.95 bits per heavy atom. The van der Waals surface area contributed by atoms with E-state index in [1.165, 1.54) is 11.3 Å². The third-order valence-electron chi connectivity index (χ3n) is 3.14. The number of carbonyl (C=O) groups is 1. The predicted molar refractivity (Wildman–Crippen MR) is 77.3 cm³/mol. The average Bonchev–Trinajstić information content (AvgIpc) is 3.03. The molecule has 0 aliphatic heterocycles. The van der Waals surface area contributed by atoms with Crippen LogP contribution in [0.3, 0.4) is 0 Å². The normalized spacial score (nSPS) is 10.8. The zero-order valence-electron chi connectivity index (χ0n) is 10.7. The molecule has 0 unspecified atom stereocenters. The molecule has 2 aromatic heterocycles. The number of rotatable bonds is 3. The van der Waals surface area contributed by atoms with Gasteiger partial charge in [0.05, 0.1) is 7.11 Å². The zero-order chi connectivity index (χ0) is 13.4. The highest BCUT2D eigenvalue weighted by Crippen LogP contribution is 2.30. The number of hydrogen-bond donors (Lipinski definition) is 1. The van der Waals surface area contributed by atoms with E-state index in [1.54, 1.807) is 13.3 Å². The van der Waals surface area contributed by atoms with Crippen molar-refractivity contribution in [3.63, 3.8) is 0 Å². The largest absolute Gasteiger partial charge is 0.495 e. The van der Waals surface area contributed by atoms with Crippen molar-refractivity contribution in [2.45, 2.75) is 6.92 Å². The topological polar surface area (TPSA) is 42.1 Å². The SMILES string of the molecule is COc1ccsc1C(=O)c1c[nH]c2ccc(C)cc12. The first-order valence-corrected chi connectivity index (χ1v) is 6.82. The summed E-state index contributed by atoms with van der Waals surface area (Å²) in [6.45, 7) is 2.02. The second kappa shape index (κ2) is 4.55. The van der Waals surface area contributed by atoms with Crippen LogP contribution in [0.4, 0.5) is 0 Å². The van der Waals surface area contributed by atoms with Crippen molar-refractivity contribution >= 4 is 28.0 Å². The summed E-state index contributed by atoms with van der Waals surface area (Å²) >= 11 is 1.40. The minimum atomic E-state index is 0.00343. The zero-order valence-corrected chi connectivity index (χ0v) is 11.5. The molecule has 2 heterocycles. The van der Waals surface area contributed by atoms with Crippen LogP contribution in [0, 0.1) is 6.92 Å². The summed E-state index contributed by atoms with van der Waals surface area (Å²) in [6.07, 6.45) is 1.77. The molecular formula is C15H13NO2S. The van der Waals surface area contributed by atoms with Crippen LogP contribution in [0.5, 0.6) is 5.75 Å². The van der Waals surface area contributed by atoms with E-state index in [0.29, 0.717) is 16.2 Å². The minimum Gasteiger partial charge on any atom is -0.495 e. The van der Waals surface area contributed by atoms with Gasteiger partial charge in [-0.2, -0.15) is 0 Å². The molecule has 0 aliphatic carbocycles. The first-order chi connectivity index (χ1) is 9.20. The number of H-pyrrole nitrogens is 1. The Morgan fingerprint density at radius 2 is 2.16 bits per heavy atom. The molecule has 1 N–H and O–H groups in total. The fourth-order valence-corrected chi connectivity index (χ4v) is 2.98. The number of benzene rings is 1. The average molecular weight is 271 g/mol. The van der Waals surface area contributed by atoms with Gasteiger partial charge in [-0.15, -0.1) is 11.3 Å². The van der Waals surface area contributed by atoms with E-state index >= 15 is 0 Å². The number of aryl methyl sites for hydroxylation is 1. The van der Waals surface area contributed by atoms with E-state index < -0.39 is 0 Å². The molecule has 0 radical (unpaired) electrons. The molecule has 3 nitrogen and oxygen atoms in total. The maximum atomic E-state index is 12.6. The highest BCUT2D eigenvalue weighted by Gasteiger charge is 2.19. The Labute approximate surface area is 114 Å². The van der Waals surface area contributed by atoms with Gasteiger partial charge in [0.1, 0.15) is 10.6 Å². The third-order valence-corrected chi connectivity index (χ3v) is 4.03. The van der Waals surface area contributed by atoms with Crippen LogP contribution >= 0.6 is 11.3 Å². The van der Waals surface area contributed by atoms with Crippen LogP contribution in [-0.4, -0.2) is 17.9 Å². The van der Waals surface area contributed by atoms with Gasteiger partial charge in [0.15, 0.2) is 0 Å². The van der Waals surface area contributed by atoms with Gasteiger partial charge in [-0.25, -0.2) is 0 Å². The Bertz CT molecular complexity index is 754. The second-order valence-corrected chi connectivity index (χ2v) is 5.31. The van der Waals surface area contributed by atoms with Crippen molar-refractivity contribution in [1.29, 1.82) is 0 Å². The van der Waals surface area contributed by atoms with Crippen molar-refractivity contribution < 1.29 is 9.53 Å². The van der Waals surface area contributed by atoms with Crippen LogP contribution in [-0.2, 0) is 0 Å². The maximum Gasteiger partial charge on any atom is 0.208 e. The van der Waals surface area contributed by atoms with Gasteiger partial charge in [-0.05, 0) is 30.5 Å². The number of ketones is 1. The first-order valence-electron chi connectivity index (χ1n) is 5.94. The molecule has 4 heteroatoms. The van der Waals surface area contributed by atoms with E-state index in [0.717, 1.165) is 16.5 Å². The number of thiophene rings is 1. The van der Waals surface area contributed by atoms with Crippen molar-refractivity contribution in [3.8, 4) is 5.75 Å². The number of fused-ring (bicyclic) bond motifs is 1. The molecule has 96 valence electrons. The van der Waals surface area contributed by atoms with Gasteiger partial charge >= 0.3 is 0 Å². The molecule has 0 bridgehead atoms. The van der Waals surface area contributed by atoms with Gasteiger partial charge in [0.2, 0.25) is 5.78 Å². The van der Waals surface area contributed by atoms with Gasteiger partial charge in [-0.3, -0.25) is 4.79 Å². The second-order valence-electron chi connectivity index (χ2n) is 4.40. The number of carbonyl (C=O) groups excluding carboxylic acids is 1. The molecule has 0 amide bonds. The summed E-state index contributed by atoms with van der Waals surface area (Å²) in [5.41, 5.74) is 2.81. The molecule has 0 atom stereocenters. The number of ether oxygens (including phenoxy) is 1. The summed E-state index contributed by atoms with van der Waals surface area (Å²) in [5.74, 6) is 0.640. The number of nitrogens with one attached hydrogen (secondary N) is 1. The van der Waals surface area contributed by atoms with E-state index in [9.17, 15) is 4.79 Å². The molecule has 0 spiro atoms. The van der Waals surface area contributed by atoms with Crippen LogP contribution in [0.1, 0.15) is 20.8 Å². The van der Waals surface area contributed by atoms with Gasteiger partial charge in [0, 0.05) is 22.7 Å². The van der Waals surface area contributed by atoms with Crippen LogP contribution in [0.15, 0.2) is 35.8 Å². The molecule has 3 aromatic rings. The minimum absolute atomic E-state index is 0.00343. The standard InChI is InChI=1S/C15H13NO2S/c1-9-3-4-12-10(7-9)11(8-16-12)14(17)15-13(18-2)5-6-19-15/h3-8,16H,1-2H3. The summed E-state index contributed by atoms with van der Waals surface area (Å²) in [6, 6.07) is 7.86. The van der Waals surface area contributed by atoms with E-state index in [-0.39, 0.29) is 5.78 Å². The molecule has 0 aliphatic rings. The molecule has 1 aromatic carbocycles. The lowest BCUT2D eigenvalue weighted by molar-refractivity contribution is 0.104. The van der Waals surface area contributed by atoms with Crippen LogP contribution in [0.2, 0.25) is 0 Å². The lowest BCUT2D eigenvalue weighted by Gasteiger charge is -2.01. The van der Waals surface area contributed by atoms with E-state index in [2.05, 4.69) is 4.98 Å². The molecule has 0 saturated carbocycles. The Kier molecular flexibility index (Phi) is 2.87. The number of aromatic amines is 1. The lowest BCUT2D eigenvalue weighted by atomic mass is 10.1. The Morgan fingerprint density at radius 1 is 1.32 bits per heavy atom. The van der Waals surface area contributed by atoms with Crippen LogP contribution < -0.4 is 4.74 Å². The molecule has 0 fully saturated rings. The summed E-state index contributed by atoms with van der Waals surface area (Å²) in [5, 5.41) is 2.83. The summed E-state index contributed by atoms with van der Waals surface area (Å²) in [4.78, 5) is 16.4. The fourth-order valence-electron chi connectivity index (χ4n) is 2.17. The Balaban J connectivity index is 2.14. The lowest BCUT2D eigenvalue weighted by Crippen LogP contribution is -1.99. The van der Waals surface area contributed by atoms with Gasteiger partial charge in [0.25, 0.3) is 0 Å². The summed E-state index contributed by atoms with van der Waals surface area (Å²) < 4.78 is 5.22. The molecule has 3 rings (SSSR count). The monoisotopic (exact) mass is 271 g/mol. The number of hydrogen-bond acceptors (Lipinski definition) is 3. The number of methoxy groups -OCH3 is 1. The van der Waals surface area contributed by atoms with Gasteiger partial charge in [-0.1, -0.05) is 11.6 Å². The molecule has 19 heavy (non-hydrogen) atoms. The summed E-state index contributed by atoms with van der Waals surface area (Å²) in [7, 11) is 1.58. The maximum absolute atomic E-state index is 12.6. The van der Waals surface area contributed by atoms with Crippen molar-refractivity contribution in [1.82, 2.24) is 4.98 Å². The Hall–Kier alpha value is -2.07. The van der Waals surface area contributed by atoms with E-state index in [4.69, 9.17) is 4.74 Å². The van der Waals surface area contributed by atoms with Gasteiger partial charge < -0.3 is 9.72 Å². The van der Waals surface area contributed by atoms with Crippen molar-refractivity contribution in [3.05, 3.63) is 51.8 Å². The number of aromatic nitrogens is 1. The quantitative estimate of drug-likeness (QED) is 0.737.